The number of benzene rings is 1. The van der Waals surface area contributed by atoms with Crippen LogP contribution in [0.15, 0.2) is 12.1 Å². The van der Waals surface area contributed by atoms with Gasteiger partial charge in [-0.2, -0.15) is 0 Å². The predicted molar refractivity (Wildman–Crippen MR) is 69.6 cm³/mol. The Bertz CT molecular complexity index is 481. The summed E-state index contributed by atoms with van der Waals surface area (Å²) in [4.78, 5) is 11.3. The van der Waals surface area contributed by atoms with E-state index in [0.29, 0.717) is 17.5 Å². The van der Waals surface area contributed by atoms with E-state index >= 15 is 0 Å². The minimum atomic E-state index is 0.0467. The third-order valence-electron chi connectivity index (χ3n) is 3.55. The zero-order chi connectivity index (χ0) is 12.0. The smallest absolute Gasteiger partial charge is 0.228 e. The summed E-state index contributed by atoms with van der Waals surface area (Å²) in [6.07, 6.45) is 2.86. The first kappa shape index (κ1) is 10.9. The Kier molecular flexibility index (Phi) is 2.51. The van der Waals surface area contributed by atoms with Crippen molar-refractivity contribution in [1.29, 1.82) is 0 Å². The second-order valence-electron chi connectivity index (χ2n) is 5.13. The highest BCUT2D eigenvalue weighted by Crippen LogP contribution is 2.36. The van der Waals surface area contributed by atoms with Crippen LogP contribution in [-0.4, -0.2) is 11.9 Å². The maximum absolute atomic E-state index is 11.3. The summed E-state index contributed by atoms with van der Waals surface area (Å²) in [7, 11) is 0. The number of hydrogen-bond acceptors (Lipinski definition) is 2. The van der Waals surface area contributed by atoms with Gasteiger partial charge < -0.3 is 10.6 Å². The van der Waals surface area contributed by atoms with Gasteiger partial charge in [-0.1, -0.05) is 18.5 Å². The number of carbonyl (C=O) groups excluding carboxylic acids is 1. The zero-order valence-electron chi connectivity index (χ0n) is 9.72. The molecule has 1 aromatic carbocycles. The summed E-state index contributed by atoms with van der Waals surface area (Å²) in [5.74, 6) is 0.856. The Hall–Kier alpha value is -1.22. The lowest BCUT2D eigenvalue weighted by atomic mass is 9.82. The van der Waals surface area contributed by atoms with Crippen molar-refractivity contribution in [1.82, 2.24) is 0 Å². The zero-order valence-corrected chi connectivity index (χ0v) is 10.5. The summed E-state index contributed by atoms with van der Waals surface area (Å²) in [6.45, 7) is 2.26. The van der Waals surface area contributed by atoms with Crippen LogP contribution in [0, 0.1) is 5.92 Å². The first-order valence-corrected chi connectivity index (χ1v) is 6.38. The van der Waals surface area contributed by atoms with Crippen LogP contribution in [0.25, 0.3) is 0 Å². The van der Waals surface area contributed by atoms with Gasteiger partial charge in [0.05, 0.1) is 17.1 Å². The van der Waals surface area contributed by atoms with Gasteiger partial charge in [-0.15, -0.1) is 0 Å². The molecule has 90 valence electrons. The Labute approximate surface area is 106 Å². The second kappa shape index (κ2) is 3.91. The lowest BCUT2D eigenvalue weighted by molar-refractivity contribution is -0.115. The monoisotopic (exact) mass is 250 g/mol. The molecule has 3 rings (SSSR count). The average molecular weight is 251 g/mol. The van der Waals surface area contributed by atoms with E-state index in [1.165, 1.54) is 12.8 Å². The molecule has 1 heterocycles. The predicted octanol–water partition coefficient (Wildman–Crippen LogP) is 3.05. The van der Waals surface area contributed by atoms with Gasteiger partial charge in [0.25, 0.3) is 0 Å². The Balaban J connectivity index is 1.81. The quantitative estimate of drug-likeness (QED) is 0.847. The van der Waals surface area contributed by atoms with Crippen LogP contribution in [0.3, 0.4) is 0 Å². The van der Waals surface area contributed by atoms with Crippen LogP contribution >= 0.6 is 11.6 Å². The summed E-state index contributed by atoms with van der Waals surface area (Å²) in [6, 6.07) is 4.37. The van der Waals surface area contributed by atoms with Crippen LogP contribution < -0.4 is 10.6 Å². The molecule has 0 radical (unpaired) electrons. The molecule has 4 heteroatoms. The first-order chi connectivity index (χ1) is 8.11. The van der Waals surface area contributed by atoms with Gasteiger partial charge in [0.1, 0.15) is 0 Å². The SMILES string of the molecule is CC1CC(Nc2cc3c(cc2Cl)NC(=O)C3)C1. The van der Waals surface area contributed by atoms with Crippen molar-refractivity contribution in [2.45, 2.75) is 32.2 Å². The van der Waals surface area contributed by atoms with Gasteiger partial charge in [-0.05, 0) is 36.5 Å². The second-order valence-corrected chi connectivity index (χ2v) is 5.54. The lowest BCUT2D eigenvalue weighted by Crippen LogP contribution is -2.33. The van der Waals surface area contributed by atoms with Crippen molar-refractivity contribution < 1.29 is 4.79 Å². The number of halogens is 1. The highest BCUT2D eigenvalue weighted by atomic mass is 35.5. The van der Waals surface area contributed by atoms with Gasteiger partial charge in [0, 0.05) is 11.7 Å². The van der Waals surface area contributed by atoms with E-state index in [2.05, 4.69) is 17.6 Å². The van der Waals surface area contributed by atoms with Crippen molar-refractivity contribution in [2.24, 2.45) is 5.92 Å². The molecule has 0 spiro atoms. The normalized spacial score (nSPS) is 26.1. The first-order valence-electron chi connectivity index (χ1n) is 6.00. The maximum Gasteiger partial charge on any atom is 0.228 e. The molecule has 0 aromatic heterocycles. The van der Waals surface area contributed by atoms with Crippen LogP contribution in [0.2, 0.25) is 5.02 Å². The fraction of sp³-hybridized carbons (Fsp3) is 0.462. The molecule has 1 aliphatic heterocycles. The van der Waals surface area contributed by atoms with E-state index in [1.807, 2.05) is 12.1 Å². The third kappa shape index (κ3) is 2.00. The molecular weight excluding hydrogens is 236 g/mol. The average Bonchev–Trinajstić information content (AvgIpc) is 2.55. The number of anilines is 2. The molecule has 0 atom stereocenters. The fourth-order valence-electron chi connectivity index (χ4n) is 2.60. The van der Waals surface area contributed by atoms with Crippen LogP contribution in [-0.2, 0) is 11.2 Å². The molecule has 0 unspecified atom stereocenters. The van der Waals surface area contributed by atoms with Gasteiger partial charge >= 0.3 is 0 Å². The Morgan fingerprint density at radius 3 is 2.88 bits per heavy atom. The summed E-state index contributed by atoms with van der Waals surface area (Å²) in [5, 5.41) is 6.94. The van der Waals surface area contributed by atoms with Crippen molar-refractivity contribution in [3.63, 3.8) is 0 Å². The van der Waals surface area contributed by atoms with Crippen molar-refractivity contribution >= 4 is 28.9 Å². The summed E-state index contributed by atoms with van der Waals surface area (Å²) < 4.78 is 0. The van der Waals surface area contributed by atoms with E-state index in [-0.39, 0.29) is 5.91 Å². The van der Waals surface area contributed by atoms with E-state index in [1.54, 1.807) is 0 Å². The maximum atomic E-state index is 11.3. The topological polar surface area (TPSA) is 41.1 Å². The highest BCUT2D eigenvalue weighted by molar-refractivity contribution is 6.33. The minimum absolute atomic E-state index is 0.0467. The largest absolute Gasteiger partial charge is 0.381 e. The third-order valence-corrected chi connectivity index (χ3v) is 3.86. The Morgan fingerprint density at radius 1 is 1.41 bits per heavy atom. The molecule has 1 saturated carbocycles. The van der Waals surface area contributed by atoms with Crippen LogP contribution in [0.1, 0.15) is 25.3 Å². The lowest BCUT2D eigenvalue weighted by Gasteiger charge is -2.34. The van der Waals surface area contributed by atoms with Crippen molar-refractivity contribution in [3.05, 3.63) is 22.7 Å². The van der Waals surface area contributed by atoms with E-state index in [4.69, 9.17) is 11.6 Å². The number of fused-ring (bicyclic) bond motifs is 1. The number of rotatable bonds is 2. The van der Waals surface area contributed by atoms with Gasteiger partial charge in [0.15, 0.2) is 0 Å². The molecule has 1 amide bonds. The van der Waals surface area contributed by atoms with Crippen molar-refractivity contribution in [3.8, 4) is 0 Å². The molecule has 1 aliphatic carbocycles. The molecular formula is C13H15ClN2O. The van der Waals surface area contributed by atoms with Gasteiger partial charge in [0.2, 0.25) is 5.91 Å². The minimum Gasteiger partial charge on any atom is -0.381 e. The molecule has 0 saturated heterocycles. The van der Waals surface area contributed by atoms with Gasteiger partial charge in [-0.3, -0.25) is 4.79 Å². The number of hydrogen-bond donors (Lipinski definition) is 2. The molecule has 2 aliphatic rings. The molecule has 1 aromatic rings. The van der Waals surface area contributed by atoms with E-state index in [0.717, 1.165) is 22.9 Å². The van der Waals surface area contributed by atoms with Crippen LogP contribution in [0.5, 0.6) is 0 Å². The molecule has 2 N–H and O–H groups in total. The molecule has 1 fully saturated rings. The molecule has 17 heavy (non-hydrogen) atoms. The number of carbonyl (C=O) groups is 1. The van der Waals surface area contributed by atoms with Crippen molar-refractivity contribution in [2.75, 3.05) is 10.6 Å². The standard InChI is InChI=1S/C13H15ClN2O/c1-7-2-9(3-7)15-12-4-8-5-13(17)16-11(8)6-10(12)14/h4,6-7,9,15H,2-3,5H2,1H3,(H,16,17). The summed E-state index contributed by atoms with van der Waals surface area (Å²) >= 11 is 6.20. The molecule has 3 nitrogen and oxygen atoms in total. The summed E-state index contributed by atoms with van der Waals surface area (Å²) in [5.41, 5.74) is 2.85. The Morgan fingerprint density at radius 2 is 2.18 bits per heavy atom. The molecule has 0 bridgehead atoms. The number of nitrogens with one attached hydrogen (secondary N) is 2. The van der Waals surface area contributed by atoms with E-state index in [9.17, 15) is 4.79 Å². The van der Waals surface area contributed by atoms with Gasteiger partial charge in [-0.25, -0.2) is 0 Å². The fourth-order valence-corrected chi connectivity index (χ4v) is 2.82. The highest BCUT2D eigenvalue weighted by Gasteiger charge is 2.26. The van der Waals surface area contributed by atoms with Crippen LogP contribution in [0.4, 0.5) is 11.4 Å². The van der Waals surface area contributed by atoms with E-state index < -0.39 is 0 Å². The number of amides is 1.